The van der Waals surface area contributed by atoms with E-state index in [4.69, 9.17) is 9.26 Å². The molecule has 1 spiro atoms. The van der Waals surface area contributed by atoms with Crippen LogP contribution >= 0.6 is 0 Å². The zero-order valence-corrected chi connectivity index (χ0v) is 17.7. The van der Waals surface area contributed by atoms with Gasteiger partial charge in [-0.1, -0.05) is 43.0 Å². The van der Waals surface area contributed by atoms with E-state index in [2.05, 4.69) is 10.1 Å². The molecule has 0 unspecified atom stereocenters. The maximum Gasteiger partial charge on any atom is 0.246 e. The Labute approximate surface area is 176 Å². The van der Waals surface area contributed by atoms with Gasteiger partial charge in [-0.3, -0.25) is 9.59 Å². The molecule has 4 aliphatic rings. The Morgan fingerprint density at radius 1 is 1.30 bits per heavy atom. The summed E-state index contributed by atoms with van der Waals surface area (Å²) in [5, 5.41) is 3.81. The van der Waals surface area contributed by atoms with E-state index in [1.54, 1.807) is 11.8 Å². The first-order valence-electron chi connectivity index (χ1n) is 11.3. The Balaban J connectivity index is 1.38. The molecule has 0 N–H and O–H groups in total. The lowest BCUT2D eigenvalue weighted by atomic mass is 9.76. The highest BCUT2D eigenvalue weighted by Crippen LogP contribution is 2.53. The predicted octanol–water partition coefficient (Wildman–Crippen LogP) is 2.23. The number of ether oxygens (including phenoxy) is 1. The lowest BCUT2D eigenvalue weighted by Gasteiger charge is -2.30. The van der Waals surface area contributed by atoms with Gasteiger partial charge in [-0.15, -0.1) is 0 Å². The van der Waals surface area contributed by atoms with Gasteiger partial charge in [0.1, 0.15) is 5.60 Å². The number of hydrogen-bond acceptors (Lipinski definition) is 6. The second kappa shape index (κ2) is 7.48. The highest BCUT2D eigenvalue weighted by Gasteiger charge is 2.67. The smallest absolute Gasteiger partial charge is 0.246 e. The molecule has 8 heteroatoms. The topological polar surface area (TPSA) is 88.8 Å². The number of rotatable bonds is 5. The Morgan fingerprint density at radius 2 is 2.07 bits per heavy atom. The van der Waals surface area contributed by atoms with E-state index in [1.165, 1.54) is 25.7 Å². The maximum atomic E-state index is 13.6. The Morgan fingerprint density at radius 3 is 2.73 bits per heavy atom. The third-order valence-corrected chi connectivity index (χ3v) is 7.27. The van der Waals surface area contributed by atoms with Gasteiger partial charge in [0.05, 0.1) is 31.0 Å². The van der Waals surface area contributed by atoms with Crippen molar-refractivity contribution >= 4 is 11.8 Å². The van der Waals surface area contributed by atoms with E-state index in [1.807, 2.05) is 24.0 Å². The summed E-state index contributed by atoms with van der Waals surface area (Å²) in [6.07, 6.45) is 10.6. The third kappa shape index (κ3) is 3.07. The van der Waals surface area contributed by atoms with Crippen LogP contribution in [-0.4, -0.2) is 62.6 Å². The number of fused-ring (bicyclic) bond motifs is 1. The van der Waals surface area contributed by atoms with Crippen LogP contribution in [0, 0.1) is 18.8 Å². The zero-order valence-electron chi connectivity index (χ0n) is 17.7. The Kier molecular flexibility index (Phi) is 4.92. The summed E-state index contributed by atoms with van der Waals surface area (Å²) < 4.78 is 11.5. The van der Waals surface area contributed by atoms with E-state index in [-0.39, 0.29) is 30.5 Å². The third-order valence-electron chi connectivity index (χ3n) is 7.27. The first kappa shape index (κ1) is 19.7. The summed E-state index contributed by atoms with van der Waals surface area (Å²) in [4.78, 5) is 35.1. The summed E-state index contributed by atoms with van der Waals surface area (Å²) in [5.74, 6) is 0.0740. The molecule has 8 nitrogen and oxygen atoms in total. The standard InChI is InChI=1S/C22H30N4O4/c1-3-25(12-17-23-14(2)24-30-17)20(27)18-16-10-11-22(29-16)13-26(21(28)19(18)22)15-8-6-4-5-7-9-15/h10-11,15-16,18-19H,3-9,12-13H2,1-2H3/t16-,18-,19-,22-/m0/s1. The van der Waals surface area contributed by atoms with Crippen LogP contribution in [0.25, 0.3) is 0 Å². The van der Waals surface area contributed by atoms with Crippen LogP contribution < -0.4 is 0 Å². The van der Waals surface area contributed by atoms with E-state index in [0.29, 0.717) is 24.8 Å². The molecule has 1 aromatic heterocycles. The summed E-state index contributed by atoms with van der Waals surface area (Å²) >= 11 is 0. The second-order valence-corrected chi connectivity index (χ2v) is 9.10. The number of amides is 2. The predicted molar refractivity (Wildman–Crippen MR) is 107 cm³/mol. The minimum atomic E-state index is -0.644. The SMILES string of the molecule is CCN(Cc1nc(C)no1)C(=O)[C@H]1[C@@H]2C=C[C@@]3(CN(C4CCCCCC4)C(=O)[C@H]13)O2. The molecule has 0 radical (unpaired) electrons. The number of likely N-dealkylation sites (tertiary alicyclic amines) is 1. The van der Waals surface area contributed by atoms with E-state index in [0.717, 1.165) is 12.8 Å². The van der Waals surface area contributed by atoms with Gasteiger partial charge < -0.3 is 19.1 Å². The van der Waals surface area contributed by atoms with Gasteiger partial charge in [0.25, 0.3) is 0 Å². The number of aromatic nitrogens is 2. The number of nitrogens with zero attached hydrogens (tertiary/aromatic N) is 4. The molecular weight excluding hydrogens is 384 g/mol. The van der Waals surface area contributed by atoms with E-state index < -0.39 is 17.4 Å². The van der Waals surface area contributed by atoms with Crippen molar-refractivity contribution in [1.29, 1.82) is 0 Å². The number of aryl methyl sites for hydroxylation is 1. The molecule has 2 saturated heterocycles. The monoisotopic (exact) mass is 414 g/mol. The van der Waals surface area contributed by atoms with Crippen molar-refractivity contribution in [2.24, 2.45) is 11.8 Å². The Hall–Kier alpha value is -2.22. The molecule has 30 heavy (non-hydrogen) atoms. The number of carbonyl (C=O) groups is 2. The average molecular weight is 415 g/mol. The van der Waals surface area contributed by atoms with Gasteiger partial charge >= 0.3 is 0 Å². The van der Waals surface area contributed by atoms with Crippen LogP contribution in [0.3, 0.4) is 0 Å². The van der Waals surface area contributed by atoms with Crippen molar-refractivity contribution in [1.82, 2.24) is 19.9 Å². The molecule has 0 aromatic carbocycles. The van der Waals surface area contributed by atoms with Gasteiger partial charge in [0.15, 0.2) is 5.82 Å². The minimum Gasteiger partial charge on any atom is -0.360 e. The highest BCUT2D eigenvalue weighted by atomic mass is 16.5. The minimum absolute atomic E-state index is 0.0642. The lowest BCUT2D eigenvalue weighted by molar-refractivity contribution is -0.144. The van der Waals surface area contributed by atoms with E-state index in [9.17, 15) is 9.59 Å². The maximum absolute atomic E-state index is 13.6. The number of hydrogen-bond donors (Lipinski definition) is 0. The molecule has 1 saturated carbocycles. The molecule has 1 aliphatic carbocycles. The van der Waals surface area contributed by atoms with Crippen molar-refractivity contribution in [3.8, 4) is 0 Å². The van der Waals surface area contributed by atoms with Crippen LogP contribution in [0.5, 0.6) is 0 Å². The van der Waals surface area contributed by atoms with Crippen LogP contribution in [0.1, 0.15) is 57.2 Å². The number of carbonyl (C=O) groups excluding carboxylic acids is 2. The molecule has 2 bridgehead atoms. The molecule has 1 aromatic rings. The van der Waals surface area contributed by atoms with Crippen LogP contribution in [0.4, 0.5) is 0 Å². The molecule has 5 rings (SSSR count). The van der Waals surface area contributed by atoms with Crippen LogP contribution in [0.2, 0.25) is 0 Å². The van der Waals surface area contributed by atoms with Gasteiger partial charge in [0.2, 0.25) is 17.7 Å². The molecule has 3 aliphatic heterocycles. The first-order chi connectivity index (χ1) is 14.5. The van der Waals surface area contributed by atoms with Crippen molar-refractivity contribution in [2.45, 2.75) is 76.7 Å². The molecular formula is C22H30N4O4. The fraction of sp³-hybridized carbons (Fsp3) is 0.727. The van der Waals surface area contributed by atoms with Gasteiger partial charge in [0, 0.05) is 12.6 Å². The lowest BCUT2D eigenvalue weighted by Crippen LogP contribution is -2.46. The normalized spacial score (nSPS) is 33.2. The average Bonchev–Trinajstić information content (AvgIpc) is 3.43. The second-order valence-electron chi connectivity index (χ2n) is 9.10. The molecule has 3 fully saturated rings. The highest BCUT2D eigenvalue weighted by molar-refractivity contribution is 5.93. The largest absolute Gasteiger partial charge is 0.360 e. The Bertz CT molecular complexity index is 859. The summed E-state index contributed by atoms with van der Waals surface area (Å²) in [7, 11) is 0. The van der Waals surface area contributed by atoms with Crippen molar-refractivity contribution < 1.29 is 18.8 Å². The summed E-state index contributed by atoms with van der Waals surface area (Å²) in [5.41, 5.74) is -0.644. The van der Waals surface area contributed by atoms with Gasteiger partial charge in [-0.05, 0) is 26.7 Å². The van der Waals surface area contributed by atoms with Crippen LogP contribution in [-0.2, 0) is 20.9 Å². The first-order valence-corrected chi connectivity index (χ1v) is 11.3. The van der Waals surface area contributed by atoms with Gasteiger partial charge in [-0.2, -0.15) is 4.98 Å². The van der Waals surface area contributed by atoms with Gasteiger partial charge in [-0.25, -0.2) is 0 Å². The molecule has 162 valence electrons. The quantitative estimate of drug-likeness (QED) is 0.542. The van der Waals surface area contributed by atoms with Crippen molar-refractivity contribution in [2.75, 3.05) is 13.1 Å². The van der Waals surface area contributed by atoms with Crippen molar-refractivity contribution in [3.63, 3.8) is 0 Å². The molecule has 4 atom stereocenters. The molecule has 2 amide bonds. The van der Waals surface area contributed by atoms with Crippen LogP contribution in [0.15, 0.2) is 16.7 Å². The molecule has 4 heterocycles. The zero-order chi connectivity index (χ0) is 20.9. The summed E-state index contributed by atoms with van der Waals surface area (Å²) in [6.45, 7) is 5.02. The fourth-order valence-corrected chi connectivity index (χ4v) is 5.81. The van der Waals surface area contributed by atoms with Crippen molar-refractivity contribution in [3.05, 3.63) is 23.9 Å². The van der Waals surface area contributed by atoms with E-state index >= 15 is 0 Å². The summed E-state index contributed by atoms with van der Waals surface area (Å²) in [6, 6.07) is 0.274. The fourth-order valence-electron chi connectivity index (χ4n) is 5.81.